The SMILES string of the molecule is CCC(CN)(C1CC1)N(C)CC1CC1C. The minimum Gasteiger partial charge on any atom is -0.329 e. The topological polar surface area (TPSA) is 29.3 Å². The van der Waals surface area contributed by atoms with Gasteiger partial charge in [0, 0.05) is 18.6 Å². The molecular weight excluding hydrogens is 184 g/mol. The van der Waals surface area contributed by atoms with Gasteiger partial charge in [0.15, 0.2) is 0 Å². The van der Waals surface area contributed by atoms with Crippen molar-refractivity contribution >= 4 is 0 Å². The highest BCUT2D eigenvalue weighted by molar-refractivity contribution is 5.03. The van der Waals surface area contributed by atoms with Gasteiger partial charge in [0.25, 0.3) is 0 Å². The van der Waals surface area contributed by atoms with Crippen molar-refractivity contribution in [1.29, 1.82) is 0 Å². The van der Waals surface area contributed by atoms with E-state index in [4.69, 9.17) is 5.73 Å². The van der Waals surface area contributed by atoms with Crippen molar-refractivity contribution in [1.82, 2.24) is 4.90 Å². The Bertz CT molecular complexity index is 219. The minimum atomic E-state index is 0.322. The van der Waals surface area contributed by atoms with Crippen molar-refractivity contribution < 1.29 is 0 Å². The van der Waals surface area contributed by atoms with Gasteiger partial charge in [0.2, 0.25) is 0 Å². The Balaban J connectivity index is 1.96. The number of likely N-dealkylation sites (N-methyl/N-ethyl adjacent to an activating group) is 1. The van der Waals surface area contributed by atoms with E-state index in [1.807, 2.05) is 0 Å². The highest BCUT2D eigenvalue weighted by atomic mass is 15.2. The first-order valence-corrected chi connectivity index (χ1v) is 6.55. The first-order valence-electron chi connectivity index (χ1n) is 6.55. The van der Waals surface area contributed by atoms with Gasteiger partial charge >= 0.3 is 0 Å². The van der Waals surface area contributed by atoms with Gasteiger partial charge < -0.3 is 5.73 Å². The molecule has 88 valence electrons. The summed E-state index contributed by atoms with van der Waals surface area (Å²) in [7, 11) is 2.29. The molecule has 2 fully saturated rings. The third kappa shape index (κ3) is 2.07. The number of hydrogen-bond acceptors (Lipinski definition) is 2. The Hall–Kier alpha value is -0.0800. The lowest BCUT2D eigenvalue weighted by atomic mass is 9.88. The summed E-state index contributed by atoms with van der Waals surface area (Å²) in [6.07, 6.45) is 5.44. The molecule has 0 aromatic heterocycles. The molecule has 3 atom stereocenters. The zero-order chi connectivity index (χ0) is 11.1. The normalized spacial score (nSPS) is 34.2. The van der Waals surface area contributed by atoms with Crippen LogP contribution in [0.3, 0.4) is 0 Å². The fourth-order valence-electron chi connectivity index (χ4n) is 3.14. The zero-order valence-corrected chi connectivity index (χ0v) is 10.5. The summed E-state index contributed by atoms with van der Waals surface area (Å²) in [5.41, 5.74) is 6.37. The molecule has 2 nitrogen and oxygen atoms in total. The second kappa shape index (κ2) is 4.06. The van der Waals surface area contributed by atoms with Gasteiger partial charge in [-0.3, -0.25) is 4.90 Å². The van der Waals surface area contributed by atoms with Crippen molar-refractivity contribution in [2.75, 3.05) is 20.1 Å². The summed E-state index contributed by atoms with van der Waals surface area (Å²) in [4.78, 5) is 2.58. The minimum absolute atomic E-state index is 0.322. The molecule has 0 aromatic rings. The van der Waals surface area contributed by atoms with Gasteiger partial charge in [0.05, 0.1) is 0 Å². The maximum atomic E-state index is 6.05. The lowest BCUT2D eigenvalue weighted by molar-refractivity contribution is 0.0902. The van der Waals surface area contributed by atoms with Crippen LogP contribution in [0, 0.1) is 17.8 Å². The molecule has 3 unspecified atom stereocenters. The van der Waals surface area contributed by atoms with E-state index in [0.717, 1.165) is 24.3 Å². The molecular formula is C13H26N2. The maximum absolute atomic E-state index is 6.05. The number of nitrogens with two attached hydrogens (primary N) is 1. The average Bonchev–Trinajstić information content (AvgIpc) is 3.09. The lowest BCUT2D eigenvalue weighted by Crippen LogP contribution is -2.54. The van der Waals surface area contributed by atoms with E-state index in [2.05, 4.69) is 25.8 Å². The maximum Gasteiger partial charge on any atom is 0.0354 e. The fraction of sp³-hybridized carbons (Fsp3) is 1.00. The van der Waals surface area contributed by atoms with Crippen LogP contribution in [-0.2, 0) is 0 Å². The highest BCUT2D eigenvalue weighted by Crippen LogP contribution is 2.46. The van der Waals surface area contributed by atoms with Crippen molar-refractivity contribution in [3.05, 3.63) is 0 Å². The second-order valence-corrected chi connectivity index (χ2v) is 5.79. The Kier molecular flexibility index (Phi) is 3.09. The van der Waals surface area contributed by atoms with Crippen molar-refractivity contribution in [3.8, 4) is 0 Å². The molecule has 2 aliphatic carbocycles. The predicted octanol–water partition coefficient (Wildman–Crippen LogP) is 2.09. The van der Waals surface area contributed by atoms with Crippen LogP contribution < -0.4 is 5.73 Å². The Morgan fingerprint density at radius 1 is 1.40 bits per heavy atom. The first-order chi connectivity index (χ1) is 7.14. The van der Waals surface area contributed by atoms with E-state index in [9.17, 15) is 0 Å². The summed E-state index contributed by atoms with van der Waals surface area (Å²) < 4.78 is 0. The molecule has 2 heteroatoms. The molecule has 0 radical (unpaired) electrons. The highest BCUT2D eigenvalue weighted by Gasteiger charge is 2.47. The van der Waals surface area contributed by atoms with Crippen molar-refractivity contribution in [2.24, 2.45) is 23.5 Å². The van der Waals surface area contributed by atoms with Crippen LogP contribution in [0.5, 0.6) is 0 Å². The molecule has 0 saturated heterocycles. The van der Waals surface area contributed by atoms with Crippen LogP contribution in [0.2, 0.25) is 0 Å². The van der Waals surface area contributed by atoms with E-state index in [0.29, 0.717) is 5.54 Å². The van der Waals surface area contributed by atoms with Gasteiger partial charge in [-0.2, -0.15) is 0 Å². The molecule has 0 bridgehead atoms. The molecule has 0 aromatic carbocycles. The smallest absolute Gasteiger partial charge is 0.0354 e. The quantitative estimate of drug-likeness (QED) is 0.727. The third-order valence-electron chi connectivity index (χ3n) is 4.85. The Morgan fingerprint density at radius 3 is 2.33 bits per heavy atom. The summed E-state index contributed by atoms with van der Waals surface area (Å²) >= 11 is 0. The van der Waals surface area contributed by atoms with Crippen LogP contribution in [0.25, 0.3) is 0 Å². The van der Waals surface area contributed by atoms with E-state index >= 15 is 0 Å². The number of rotatable bonds is 6. The molecule has 2 saturated carbocycles. The van der Waals surface area contributed by atoms with Gasteiger partial charge in [-0.25, -0.2) is 0 Å². The molecule has 0 aliphatic heterocycles. The van der Waals surface area contributed by atoms with Gasteiger partial charge in [-0.1, -0.05) is 13.8 Å². The molecule has 0 spiro atoms. The monoisotopic (exact) mass is 210 g/mol. The van der Waals surface area contributed by atoms with Crippen LogP contribution in [0.4, 0.5) is 0 Å². The van der Waals surface area contributed by atoms with Crippen LogP contribution >= 0.6 is 0 Å². The molecule has 2 aliphatic rings. The van der Waals surface area contributed by atoms with Gasteiger partial charge in [-0.05, 0) is 50.5 Å². The largest absolute Gasteiger partial charge is 0.329 e. The van der Waals surface area contributed by atoms with Gasteiger partial charge in [-0.15, -0.1) is 0 Å². The van der Waals surface area contributed by atoms with Crippen LogP contribution in [-0.4, -0.2) is 30.6 Å². The molecule has 0 heterocycles. The Labute approximate surface area is 94.2 Å². The summed E-state index contributed by atoms with van der Waals surface area (Å²) in [5, 5.41) is 0. The molecule has 0 amide bonds. The van der Waals surface area contributed by atoms with Crippen LogP contribution in [0.1, 0.15) is 39.5 Å². The average molecular weight is 210 g/mol. The standard InChI is InChI=1S/C13H26N2/c1-4-13(9-14,12-5-6-12)15(3)8-11-7-10(11)2/h10-12H,4-9,14H2,1-3H3. The molecule has 2 N–H and O–H groups in total. The summed E-state index contributed by atoms with van der Waals surface area (Å²) in [5.74, 6) is 2.79. The van der Waals surface area contributed by atoms with E-state index in [1.54, 1.807) is 0 Å². The summed E-state index contributed by atoms with van der Waals surface area (Å²) in [6, 6.07) is 0. The zero-order valence-electron chi connectivity index (χ0n) is 10.5. The molecule has 15 heavy (non-hydrogen) atoms. The summed E-state index contributed by atoms with van der Waals surface area (Å²) in [6.45, 7) is 6.78. The molecule has 2 rings (SSSR count). The first kappa shape index (κ1) is 11.4. The van der Waals surface area contributed by atoms with Crippen molar-refractivity contribution in [2.45, 2.75) is 45.1 Å². The van der Waals surface area contributed by atoms with E-state index < -0.39 is 0 Å². The number of hydrogen-bond donors (Lipinski definition) is 1. The van der Waals surface area contributed by atoms with E-state index in [-0.39, 0.29) is 0 Å². The van der Waals surface area contributed by atoms with E-state index in [1.165, 1.54) is 32.2 Å². The Morgan fingerprint density at radius 2 is 2.00 bits per heavy atom. The van der Waals surface area contributed by atoms with Crippen molar-refractivity contribution in [3.63, 3.8) is 0 Å². The van der Waals surface area contributed by atoms with Gasteiger partial charge in [0.1, 0.15) is 0 Å². The lowest BCUT2D eigenvalue weighted by Gasteiger charge is -2.41. The predicted molar refractivity (Wildman–Crippen MR) is 64.7 cm³/mol. The fourth-order valence-corrected chi connectivity index (χ4v) is 3.14. The third-order valence-corrected chi connectivity index (χ3v) is 4.85. The van der Waals surface area contributed by atoms with Crippen LogP contribution in [0.15, 0.2) is 0 Å². The second-order valence-electron chi connectivity index (χ2n) is 5.79. The number of nitrogens with zero attached hydrogens (tertiary/aromatic N) is 1.